The van der Waals surface area contributed by atoms with Crippen molar-refractivity contribution in [2.75, 3.05) is 5.75 Å². The molecule has 1 rings (SSSR count). The van der Waals surface area contributed by atoms with Crippen molar-refractivity contribution in [2.45, 2.75) is 44.0 Å². The van der Waals surface area contributed by atoms with Crippen LogP contribution in [0.4, 0.5) is 4.39 Å². The summed E-state index contributed by atoms with van der Waals surface area (Å²) in [5.74, 6) is -3.75. The van der Waals surface area contributed by atoms with Gasteiger partial charge in [-0.3, -0.25) is 4.79 Å². The zero-order valence-electron chi connectivity index (χ0n) is 13.7. The molecule has 0 spiro atoms. The first kappa shape index (κ1) is 20.1. The third-order valence-electron chi connectivity index (χ3n) is 3.55. The number of carbonyl (C=O) groups is 2. The van der Waals surface area contributed by atoms with E-state index < -0.39 is 45.2 Å². The second-order valence-corrected chi connectivity index (χ2v) is 7.71. The van der Waals surface area contributed by atoms with Gasteiger partial charge in [-0.1, -0.05) is 26.7 Å². The van der Waals surface area contributed by atoms with E-state index in [1.54, 1.807) is 0 Å². The lowest BCUT2D eigenvalue weighted by molar-refractivity contribution is -0.142. The third-order valence-corrected chi connectivity index (χ3v) is 5.48. The standard InChI is InChI=1S/C16H22FNO5S/c1-3-4-5-14(16(20)21)18-15(19)11(2)10-24(22,23)13-8-6-12(17)7-9-13/h6-9,11,14H,3-5,10H2,1-2H3,(H,18,19)(H,20,21). The van der Waals surface area contributed by atoms with Gasteiger partial charge in [-0.15, -0.1) is 0 Å². The molecule has 2 unspecified atom stereocenters. The molecular weight excluding hydrogens is 337 g/mol. The summed E-state index contributed by atoms with van der Waals surface area (Å²) in [4.78, 5) is 23.1. The number of rotatable bonds is 9. The number of carbonyl (C=O) groups excluding carboxylic acids is 1. The summed E-state index contributed by atoms with van der Waals surface area (Å²) < 4.78 is 37.3. The summed E-state index contributed by atoms with van der Waals surface area (Å²) in [6.45, 7) is 3.31. The Morgan fingerprint density at radius 1 is 1.25 bits per heavy atom. The highest BCUT2D eigenvalue weighted by Crippen LogP contribution is 2.15. The Morgan fingerprint density at radius 2 is 1.83 bits per heavy atom. The number of unbranched alkanes of at least 4 members (excludes halogenated alkanes) is 1. The molecule has 1 amide bonds. The molecule has 0 fully saturated rings. The van der Waals surface area contributed by atoms with Crippen LogP contribution in [-0.2, 0) is 19.4 Å². The molecule has 1 aromatic carbocycles. The summed E-state index contributed by atoms with van der Waals surface area (Å²) in [7, 11) is -3.77. The first-order valence-corrected chi connectivity index (χ1v) is 9.34. The minimum atomic E-state index is -3.77. The van der Waals surface area contributed by atoms with Gasteiger partial charge in [0.1, 0.15) is 11.9 Å². The number of carboxylic acid groups (broad SMARTS) is 1. The van der Waals surface area contributed by atoms with Crippen LogP contribution in [0.2, 0.25) is 0 Å². The summed E-state index contributed by atoms with van der Waals surface area (Å²) in [5.41, 5.74) is 0. The fourth-order valence-electron chi connectivity index (χ4n) is 2.12. The van der Waals surface area contributed by atoms with Gasteiger partial charge in [0.15, 0.2) is 9.84 Å². The van der Waals surface area contributed by atoms with Crippen molar-refractivity contribution in [2.24, 2.45) is 5.92 Å². The average molecular weight is 359 g/mol. The first-order chi connectivity index (χ1) is 11.2. The Balaban J connectivity index is 2.74. The van der Waals surface area contributed by atoms with Gasteiger partial charge in [0, 0.05) is 5.92 Å². The predicted octanol–water partition coefficient (Wildman–Crippen LogP) is 2.00. The van der Waals surface area contributed by atoms with E-state index >= 15 is 0 Å². The normalized spacial score (nSPS) is 14.0. The van der Waals surface area contributed by atoms with Gasteiger partial charge < -0.3 is 10.4 Å². The van der Waals surface area contributed by atoms with Gasteiger partial charge in [-0.25, -0.2) is 17.6 Å². The van der Waals surface area contributed by atoms with E-state index in [1.807, 2.05) is 6.92 Å². The Bertz CT molecular complexity index is 672. The minimum absolute atomic E-state index is 0.0793. The third kappa shape index (κ3) is 5.92. The fraction of sp³-hybridized carbons (Fsp3) is 0.500. The van der Waals surface area contributed by atoms with E-state index in [0.717, 1.165) is 30.7 Å². The van der Waals surface area contributed by atoms with Crippen LogP contribution < -0.4 is 5.32 Å². The number of halogens is 1. The molecule has 0 aliphatic carbocycles. The topological polar surface area (TPSA) is 101 Å². The summed E-state index contributed by atoms with van der Waals surface area (Å²) in [6, 6.07) is 3.30. The number of hydrogen-bond donors (Lipinski definition) is 2. The number of amides is 1. The highest BCUT2D eigenvalue weighted by atomic mass is 32.2. The highest BCUT2D eigenvalue weighted by molar-refractivity contribution is 7.91. The minimum Gasteiger partial charge on any atom is -0.480 e. The molecule has 24 heavy (non-hydrogen) atoms. The maximum Gasteiger partial charge on any atom is 0.326 e. The van der Waals surface area contributed by atoms with Crippen LogP contribution in [0.5, 0.6) is 0 Å². The molecule has 134 valence electrons. The largest absolute Gasteiger partial charge is 0.480 e. The Kier molecular flexibility index (Phi) is 7.34. The van der Waals surface area contributed by atoms with E-state index in [9.17, 15) is 22.4 Å². The zero-order chi connectivity index (χ0) is 18.3. The molecule has 0 radical (unpaired) electrons. The molecule has 8 heteroatoms. The van der Waals surface area contributed by atoms with E-state index in [4.69, 9.17) is 5.11 Å². The van der Waals surface area contributed by atoms with Gasteiger partial charge in [0.2, 0.25) is 5.91 Å². The maximum absolute atomic E-state index is 12.9. The van der Waals surface area contributed by atoms with Crippen LogP contribution in [0.15, 0.2) is 29.2 Å². The number of carboxylic acids is 1. The van der Waals surface area contributed by atoms with Crippen molar-refractivity contribution in [1.82, 2.24) is 5.32 Å². The van der Waals surface area contributed by atoms with Crippen LogP contribution in [-0.4, -0.2) is 37.2 Å². The SMILES string of the molecule is CCCCC(NC(=O)C(C)CS(=O)(=O)c1ccc(F)cc1)C(=O)O. The summed E-state index contributed by atoms with van der Waals surface area (Å²) in [5, 5.41) is 11.5. The lowest BCUT2D eigenvalue weighted by Gasteiger charge is -2.17. The molecular formula is C16H22FNO5S. The Labute approximate surface area is 141 Å². The van der Waals surface area contributed by atoms with Gasteiger partial charge in [-0.2, -0.15) is 0 Å². The quantitative estimate of drug-likeness (QED) is 0.657. The molecule has 0 saturated carbocycles. The first-order valence-electron chi connectivity index (χ1n) is 7.69. The zero-order valence-corrected chi connectivity index (χ0v) is 14.5. The number of nitrogens with one attached hydrogen (secondary N) is 1. The highest BCUT2D eigenvalue weighted by Gasteiger charge is 2.26. The fourth-order valence-corrected chi connectivity index (χ4v) is 3.68. The van der Waals surface area contributed by atoms with Crippen molar-refractivity contribution in [3.8, 4) is 0 Å². The summed E-state index contributed by atoms with van der Waals surface area (Å²) >= 11 is 0. The molecule has 2 atom stereocenters. The molecule has 1 aromatic rings. The number of aliphatic carboxylic acids is 1. The lowest BCUT2D eigenvalue weighted by Crippen LogP contribution is -2.44. The van der Waals surface area contributed by atoms with Gasteiger partial charge in [0.05, 0.1) is 10.6 Å². The van der Waals surface area contributed by atoms with Crippen molar-refractivity contribution in [1.29, 1.82) is 0 Å². The van der Waals surface area contributed by atoms with Crippen molar-refractivity contribution in [3.63, 3.8) is 0 Å². The molecule has 6 nitrogen and oxygen atoms in total. The van der Waals surface area contributed by atoms with E-state index in [2.05, 4.69) is 5.32 Å². The number of sulfone groups is 1. The predicted molar refractivity (Wildman–Crippen MR) is 86.7 cm³/mol. The molecule has 0 aliphatic rings. The molecule has 2 N–H and O–H groups in total. The van der Waals surface area contributed by atoms with Crippen LogP contribution >= 0.6 is 0 Å². The number of benzene rings is 1. The molecule has 0 saturated heterocycles. The van der Waals surface area contributed by atoms with Gasteiger partial charge in [0.25, 0.3) is 0 Å². The molecule has 0 bridgehead atoms. The monoisotopic (exact) mass is 359 g/mol. The van der Waals surface area contributed by atoms with Crippen molar-refractivity contribution >= 4 is 21.7 Å². The van der Waals surface area contributed by atoms with E-state index in [-0.39, 0.29) is 11.3 Å². The van der Waals surface area contributed by atoms with Crippen molar-refractivity contribution in [3.05, 3.63) is 30.1 Å². The Morgan fingerprint density at radius 3 is 2.33 bits per heavy atom. The van der Waals surface area contributed by atoms with Crippen molar-refractivity contribution < 1.29 is 27.5 Å². The van der Waals surface area contributed by atoms with Crippen LogP contribution in [0, 0.1) is 11.7 Å². The van der Waals surface area contributed by atoms with Gasteiger partial charge in [-0.05, 0) is 30.7 Å². The Hall–Kier alpha value is -1.96. The molecule has 0 aliphatic heterocycles. The van der Waals surface area contributed by atoms with Crippen LogP contribution in [0.1, 0.15) is 33.1 Å². The number of hydrogen-bond acceptors (Lipinski definition) is 4. The second kappa shape index (κ2) is 8.77. The molecule has 0 heterocycles. The smallest absolute Gasteiger partial charge is 0.326 e. The van der Waals surface area contributed by atoms with E-state index in [0.29, 0.717) is 6.42 Å². The molecule has 0 aromatic heterocycles. The summed E-state index contributed by atoms with van der Waals surface area (Å²) in [6.07, 6.45) is 1.71. The van der Waals surface area contributed by atoms with Crippen LogP contribution in [0.3, 0.4) is 0 Å². The second-order valence-electron chi connectivity index (χ2n) is 5.68. The maximum atomic E-state index is 12.9. The average Bonchev–Trinajstić information content (AvgIpc) is 2.50. The lowest BCUT2D eigenvalue weighted by atomic mass is 10.1. The van der Waals surface area contributed by atoms with Crippen LogP contribution in [0.25, 0.3) is 0 Å². The van der Waals surface area contributed by atoms with Gasteiger partial charge >= 0.3 is 5.97 Å². The van der Waals surface area contributed by atoms with E-state index in [1.165, 1.54) is 6.92 Å².